The smallest absolute Gasteiger partial charge is 0.321 e. The van der Waals surface area contributed by atoms with E-state index in [1.807, 2.05) is 0 Å². The van der Waals surface area contributed by atoms with E-state index in [9.17, 15) is 9.65 Å². The van der Waals surface area contributed by atoms with Crippen molar-refractivity contribution in [1.29, 1.82) is 5.26 Å². The molecule has 43 heavy (non-hydrogen) atoms. The summed E-state index contributed by atoms with van der Waals surface area (Å²) < 4.78 is 20.7. The van der Waals surface area contributed by atoms with Crippen molar-refractivity contribution >= 4 is 33.8 Å². The van der Waals surface area contributed by atoms with Crippen molar-refractivity contribution in [1.82, 2.24) is 24.8 Å². The number of nitrogens with zero attached hydrogens (tertiary/aromatic N) is 8. The molecule has 3 fully saturated rings. The Bertz CT molecular complexity index is 1520. The lowest BCUT2D eigenvalue weighted by Gasteiger charge is -2.34. The molecule has 2 aromatic heterocycles. The number of hydrogen-bond donors (Lipinski definition) is 2. The lowest BCUT2D eigenvalue weighted by Crippen LogP contribution is -2.43. The zero-order valence-corrected chi connectivity index (χ0v) is 25.7. The van der Waals surface area contributed by atoms with Crippen LogP contribution in [0.5, 0.6) is 6.01 Å². The molecule has 0 aromatic carbocycles. The van der Waals surface area contributed by atoms with E-state index < -0.39 is 11.6 Å². The third-order valence-corrected chi connectivity index (χ3v) is 11.2. The summed E-state index contributed by atoms with van der Waals surface area (Å²) in [5.41, 5.74) is 7.98. The molecule has 0 radical (unpaired) electrons. The number of amidine groups is 1. The summed E-state index contributed by atoms with van der Waals surface area (Å²) in [7, 11) is 0. The summed E-state index contributed by atoms with van der Waals surface area (Å²) in [5, 5.41) is 14.0. The molecule has 228 valence electrons. The number of nitrogen functional groups attached to an aromatic ring is 1. The Labute approximate surface area is 255 Å². The van der Waals surface area contributed by atoms with Gasteiger partial charge in [-0.3, -0.25) is 9.89 Å². The Hall–Kier alpha value is -3.21. The first-order valence-corrected chi connectivity index (χ1v) is 16.3. The SMILES string of the molecule is CCN1CCC(Nc2nc(OCC34CCCN3C[C@H](F)C4)nc(C3=NCC([C@@]4(C)CCCc5sc(N)c(C#N)c54)=N3)n2)C1. The molecule has 4 atom stereocenters. The summed E-state index contributed by atoms with van der Waals surface area (Å²) in [6.45, 7) is 9.36. The van der Waals surface area contributed by atoms with Crippen molar-refractivity contribution in [2.24, 2.45) is 9.98 Å². The van der Waals surface area contributed by atoms with Gasteiger partial charge in [0, 0.05) is 42.4 Å². The van der Waals surface area contributed by atoms with Crippen molar-refractivity contribution in [2.75, 3.05) is 56.9 Å². The third-order valence-electron chi connectivity index (χ3n) is 10.1. The first-order chi connectivity index (χ1) is 20.8. The third kappa shape index (κ3) is 5.07. The monoisotopic (exact) mass is 606 g/mol. The zero-order valence-electron chi connectivity index (χ0n) is 24.9. The van der Waals surface area contributed by atoms with E-state index in [0.29, 0.717) is 54.3 Å². The number of thiophene rings is 1. The molecule has 11 nitrogen and oxygen atoms in total. The van der Waals surface area contributed by atoms with Gasteiger partial charge >= 0.3 is 6.01 Å². The second-order valence-electron chi connectivity index (χ2n) is 12.8. The van der Waals surface area contributed by atoms with Gasteiger partial charge in [0.1, 0.15) is 23.8 Å². The normalized spacial score (nSPS) is 30.6. The number of aromatic nitrogens is 3. The van der Waals surface area contributed by atoms with Crippen molar-refractivity contribution in [3.8, 4) is 12.1 Å². The van der Waals surface area contributed by atoms with Crippen LogP contribution < -0.4 is 15.8 Å². The highest BCUT2D eigenvalue weighted by atomic mass is 32.1. The summed E-state index contributed by atoms with van der Waals surface area (Å²) in [4.78, 5) is 29.6. The van der Waals surface area contributed by atoms with Gasteiger partial charge < -0.3 is 20.7 Å². The summed E-state index contributed by atoms with van der Waals surface area (Å²) in [6, 6.07) is 2.76. The van der Waals surface area contributed by atoms with Gasteiger partial charge in [-0.15, -0.1) is 11.3 Å². The van der Waals surface area contributed by atoms with Crippen molar-refractivity contribution in [3.63, 3.8) is 0 Å². The van der Waals surface area contributed by atoms with Crippen molar-refractivity contribution < 1.29 is 9.13 Å². The standard InChI is InChI=1S/C30H39FN10OS/c1-3-40-11-7-19(16-40)35-27-37-26(38-28(39-27)42-17-30-9-5-10-41(30)15-18(31)12-30)25-34-14-22(36-25)29(2)8-4-6-21-23(29)20(13-32)24(33)43-21/h18-19H,3-12,14-17,33H2,1-2H3,(H,35,37,38,39)/t18-,19?,29-,30?/m1/s1. The van der Waals surface area contributed by atoms with Gasteiger partial charge in [0.05, 0.1) is 23.4 Å². The zero-order chi connectivity index (χ0) is 29.8. The highest BCUT2D eigenvalue weighted by molar-refractivity contribution is 7.16. The van der Waals surface area contributed by atoms with Crippen LogP contribution in [0.2, 0.25) is 0 Å². The average Bonchev–Trinajstić information content (AvgIpc) is 3.80. The fourth-order valence-electron chi connectivity index (χ4n) is 7.80. The summed E-state index contributed by atoms with van der Waals surface area (Å²) in [6.07, 6.45) is 5.37. The Morgan fingerprint density at radius 2 is 2.09 bits per heavy atom. The van der Waals surface area contributed by atoms with E-state index >= 15 is 0 Å². The minimum Gasteiger partial charge on any atom is -0.461 e. The molecule has 3 saturated heterocycles. The molecule has 2 aromatic rings. The molecule has 0 spiro atoms. The predicted octanol–water partition coefficient (Wildman–Crippen LogP) is 3.34. The van der Waals surface area contributed by atoms with E-state index in [1.165, 1.54) is 16.2 Å². The lowest BCUT2D eigenvalue weighted by molar-refractivity contribution is 0.107. The van der Waals surface area contributed by atoms with E-state index in [-0.39, 0.29) is 17.6 Å². The number of aliphatic imine (C=N–C) groups is 2. The minimum absolute atomic E-state index is 0.205. The van der Waals surface area contributed by atoms with Crippen LogP contribution in [-0.4, -0.2) is 99.9 Å². The quantitative estimate of drug-likeness (QED) is 0.463. The molecular weight excluding hydrogens is 567 g/mol. The van der Waals surface area contributed by atoms with Gasteiger partial charge in [-0.25, -0.2) is 9.38 Å². The number of alkyl halides is 1. The summed E-state index contributed by atoms with van der Waals surface area (Å²) >= 11 is 1.52. The molecule has 6 heterocycles. The number of aryl methyl sites for hydroxylation is 1. The van der Waals surface area contributed by atoms with E-state index in [1.54, 1.807) is 0 Å². The number of ether oxygens (including phenoxy) is 1. The topological polar surface area (TPSA) is 141 Å². The molecule has 3 N–H and O–H groups in total. The molecule has 13 heteroatoms. The number of nitriles is 1. The van der Waals surface area contributed by atoms with E-state index in [2.05, 4.69) is 45.0 Å². The number of rotatable bonds is 8. The van der Waals surface area contributed by atoms with Gasteiger partial charge in [-0.05, 0) is 57.2 Å². The van der Waals surface area contributed by atoms with Gasteiger partial charge in [-0.1, -0.05) is 13.8 Å². The number of anilines is 2. The first kappa shape index (κ1) is 28.6. The second kappa shape index (κ2) is 11.1. The fraction of sp³-hybridized carbons (Fsp3) is 0.667. The molecule has 5 aliphatic rings. The number of nitrogens with one attached hydrogen (secondary N) is 1. The molecule has 2 unspecified atom stereocenters. The van der Waals surface area contributed by atoms with Crippen LogP contribution in [0, 0.1) is 11.3 Å². The highest BCUT2D eigenvalue weighted by Crippen LogP contribution is 2.47. The van der Waals surface area contributed by atoms with Gasteiger partial charge in [-0.2, -0.15) is 20.2 Å². The molecule has 7 rings (SSSR count). The van der Waals surface area contributed by atoms with Crippen LogP contribution in [0.25, 0.3) is 0 Å². The van der Waals surface area contributed by atoms with Crippen LogP contribution in [-0.2, 0) is 11.8 Å². The van der Waals surface area contributed by atoms with E-state index in [0.717, 1.165) is 76.0 Å². The number of likely N-dealkylation sites (tertiary alicyclic amines) is 1. The fourth-order valence-corrected chi connectivity index (χ4v) is 9.00. The molecule has 1 aliphatic carbocycles. The van der Waals surface area contributed by atoms with Gasteiger partial charge in [0.15, 0.2) is 5.84 Å². The second-order valence-corrected chi connectivity index (χ2v) is 13.9. The average molecular weight is 607 g/mol. The van der Waals surface area contributed by atoms with Gasteiger partial charge in [0.2, 0.25) is 11.8 Å². The minimum atomic E-state index is -0.832. The molecule has 0 bridgehead atoms. The maximum atomic E-state index is 14.4. The number of nitrogens with two attached hydrogens (primary N) is 1. The Kier molecular flexibility index (Phi) is 7.34. The molecular formula is C30H39FN10OS. The number of likely N-dealkylation sites (N-methyl/N-ethyl adjacent to an activating group) is 1. The van der Waals surface area contributed by atoms with Crippen molar-refractivity contribution in [2.45, 2.75) is 82.0 Å². The number of hydrogen-bond acceptors (Lipinski definition) is 12. The highest BCUT2D eigenvalue weighted by Gasteiger charge is 2.49. The lowest BCUT2D eigenvalue weighted by atomic mass is 9.69. The maximum absolute atomic E-state index is 14.4. The first-order valence-electron chi connectivity index (χ1n) is 15.5. The van der Waals surface area contributed by atoms with Gasteiger partial charge in [0.25, 0.3) is 0 Å². The van der Waals surface area contributed by atoms with E-state index in [4.69, 9.17) is 25.4 Å². The molecule has 4 aliphatic heterocycles. The van der Waals surface area contributed by atoms with Crippen LogP contribution in [0.1, 0.15) is 74.2 Å². The van der Waals surface area contributed by atoms with Crippen molar-refractivity contribution in [3.05, 3.63) is 21.8 Å². The number of halogens is 1. The maximum Gasteiger partial charge on any atom is 0.321 e. The van der Waals surface area contributed by atoms with Crippen LogP contribution >= 0.6 is 11.3 Å². The van der Waals surface area contributed by atoms with Crippen LogP contribution in [0.4, 0.5) is 15.3 Å². The summed E-state index contributed by atoms with van der Waals surface area (Å²) in [5.74, 6) is 1.23. The Morgan fingerprint density at radius 1 is 1.21 bits per heavy atom. The molecule has 0 amide bonds. The largest absolute Gasteiger partial charge is 0.461 e. The van der Waals surface area contributed by atoms with Crippen LogP contribution in [0.3, 0.4) is 0 Å². The Morgan fingerprint density at radius 3 is 2.91 bits per heavy atom. The van der Waals surface area contributed by atoms with Crippen LogP contribution in [0.15, 0.2) is 9.98 Å². The molecule has 0 saturated carbocycles. The predicted molar refractivity (Wildman–Crippen MR) is 165 cm³/mol. The Balaban J connectivity index is 1.18. The number of fused-ring (bicyclic) bond motifs is 2.